The van der Waals surface area contributed by atoms with Crippen molar-refractivity contribution in [2.75, 3.05) is 44.2 Å². The van der Waals surface area contributed by atoms with Crippen LogP contribution in [-0.2, 0) is 6.42 Å². The molecule has 1 aliphatic rings. The molecule has 4 aromatic rings. The van der Waals surface area contributed by atoms with Crippen molar-refractivity contribution in [1.82, 2.24) is 20.2 Å². The standard InChI is InChI=1S/C23H25N5OS2/c1-2-16-4-3-5-19-21(16)26-23(31-19)28-12-10-27(11-13-28)9-8-24-22(29)17-6-7-18-20(14-17)30-15-25-18/h3-7,14-15H,2,8-13H2,1H3,(H,24,29). The van der Waals surface area contributed by atoms with Crippen molar-refractivity contribution in [2.24, 2.45) is 0 Å². The highest BCUT2D eigenvalue weighted by molar-refractivity contribution is 7.22. The van der Waals surface area contributed by atoms with E-state index < -0.39 is 0 Å². The first kappa shape index (κ1) is 20.4. The van der Waals surface area contributed by atoms with E-state index in [9.17, 15) is 4.79 Å². The number of nitrogens with zero attached hydrogens (tertiary/aromatic N) is 4. The van der Waals surface area contributed by atoms with Gasteiger partial charge in [-0.05, 0) is 36.2 Å². The quantitative estimate of drug-likeness (QED) is 0.480. The number of para-hydroxylation sites is 1. The van der Waals surface area contributed by atoms with Gasteiger partial charge in [-0.25, -0.2) is 9.97 Å². The summed E-state index contributed by atoms with van der Waals surface area (Å²) in [5.74, 6) is -0.0184. The topological polar surface area (TPSA) is 61.4 Å². The second-order valence-electron chi connectivity index (χ2n) is 7.73. The zero-order valence-electron chi connectivity index (χ0n) is 17.5. The number of carbonyl (C=O) groups excluding carboxylic acids is 1. The highest BCUT2D eigenvalue weighted by Crippen LogP contribution is 2.31. The zero-order chi connectivity index (χ0) is 21.2. The minimum Gasteiger partial charge on any atom is -0.351 e. The number of anilines is 1. The first-order valence-corrected chi connectivity index (χ1v) is 12.4. The third-order valence-electron chi connectivity index (χ3n) is 5.82. The van der Waals surface area contributed by atoms with Crippen LogP contribution in [0.25, 0.3) is 20.4 Å². The third-order valence-corrected chi connectivity index (χ3v) is 7.70. The number of nitrogens with one attached hydrogen (secondary N) is 1. The van der Waals surface area contributed by atoms with Crippen LogP contribution in [0.3, 0.4) is 0 Å². The molecule has 1 N–H and O–H groups in total. The van der Waals surface area contributed by atoms with Crippen molar-refractivity contribution >= 4 is 54.1 Å². The van der Waals surface area contributed by atoms with Crippen LogP contribution in [0, 0.1) is 0 Å². The predicted octanol–water partition coefficient (Wildman–Crippen LogP) is 4.02. The average Bonchev–Trinajstić information content (AvgIpc) is 3.45. The van der Waals surface area contributed by atoms with Crippen molar-refractivity contribution in [3.05, 3.63) is 53.0 Å². The van der Waals surface area contributed by atoms with E-state index in [2.05, 4.69) is 45.2 Å². The van der Waals surface area contributed by atoms with Crippen LogP contribution in [0.1, 0.15) is 22.8 Å². The fourth-order valence-corrected chi connectivity index (χ4v) is 5.78. The number of hydrogen-bond donors (Lipinski definition) is 1. The van der Waals surface area contributed by atoms with E-state index in [1.807, 2.05) is 23.7 Å². The molecular formula is C23H25N5OS2. The first-order chi connectivity index (χ1) is 15.2. The van der Waals surface area contributed by atoms with Gasteiger partial charge in [0.1, 0.15) is 0 Å². The highest BCUT2D eigenvalue weighted by Gasteiger charge is 2.20. The lowest BCUT2D eigenvalue weighted by Crippen LogP contribution is -2.48. The summed E-state index contributed by atoms with van der Waals surface area (Å²) < 4.78 is 2.32. The number of aromatic nitrogens is 2. The maximum atomic E-state index is 12.5. The van der Waals surface area contributed by atoms with E-state index in [0.717, 1.165) is 60.0 Å². The molecule has 31 heavy (non-hydrogen) atoms. The predicted molar refractivity (Wildman–Crippen MR) is 130 cm³/mol. The molecule has 5 rings (SSSR count). The Hall–Kier alpha value is -2.55. The van der Waals surface area contributed by atoms with E-state index in [1.54, 1.807) is 22.7 Å². The van der Waals surface area contributed by atoms with Crippen LogP contribution >= 0.6 is 22.7 Å². The van der Waals surface area contributed by atoms with Gasteiger partial charge in [-0.1, -0.05) is 30.4 Å². The first-order valence-electron chi connectivity index (χ1n) is 10.7. The van der Waals surface area contributed by atoms with Crippen molar-refractivity contribution in [1.29, 1.82) is 0 Å². The molecule has 0 spiro atoms. The Kier molecular flexibility index (Phi) is 5.85. The highest BCUT2D eigenvalue weighted by atomic mass is 32.1. The van der Waals surface area contributed by atoms with Crippen LogP contribution in [0.5, 0.6) is 0 Å². The number of carbonyl (C=O) groups is 1. The second-order valence-corrected chi connectivity index (χ2v) is 9.63. The summed E-state index contributed by atoms with van der Waals surface area (Å²) in [5.41, 5.74) is 5.93. The third kappa shape index (κ3) is 4.28. The number of benzene rings is 2. The van der Waals surface area contributed by atoms with Gasteiger partial charge in [0.2, 0.25) is 0 Å². The van der Waals surface area contributed by atoms with Crippen molar-refractivity contribution < 1.29 is 4.79 Å². The van der Waals surface area contributed by atoms with Crippen molar-refractivity contribution in [2.45, 2.75) is 13.3 Å². The van der Waals surface area contributed by atoms with Crippen LogP contribution < -0.4 is 10.2 Å². The summed E-state index contributed by atoms with van der Waals surface area (Å²) in [5, 5.41) is 4.18. The molecule has 2 aromatic heterocycles. The summed E-state index contributed by atoms with van der Waals surface area (Å²) in [7, 11) is 0. The Morgan fingerprint density at radius 3 is 2.84 bits per heavy atom. The number of aryl methyl sites for hydroxylation is 1. The fraction of sp³-hybridized carbons (Fsp3) is 0.348. The molecule has 1 fully saturated rings. The molecule has 0 bridgehead atoms. The lowest BCUT2D eigenvalue weighted by Gasteiger charge is -2.34. The Morgan fingerprint density at radius 1 is 1.13 bits per heavy atom. The van der Waals surface area contributed by atoms with Gasteiger partial charge in [-0.2, -0.15) is 0 Å². The van der Waals surface area contributed by atoms with Gasteiger partial charge in [-0.3, -0.25) is 9.69 Å². The summed E-state index contributed by atoms with van der Waals surface area (Å²) in [6.07, 6.45) is 1.01. The van der Waals surface area contributed by atoms with Gasteiger partial charge in [0, 0.05) is 44.8 Å². The van der Waals surface area contributed by atoms with Crippen molar-refractivity contribution in [3.8, 4) is 0 Å². The van der Waals surface area contributed by atoms with E-state index in [0.29, 0.717) is 12.1 Å². The second kappa shape index (κ2) is 8.90. The number of piperazine rings is 1. The summed E-state index contributed by atoms with van der Waals surface area (Å²) >= 11 is 3.35. The van der Waals surface area contributed by atoms with Crippen LogP contribution in [0.15, 0.2) is 41.9 Å². The summed E-state index contributed by atoms with van der Waals surface area (Å²) in [4.78, 5) is 26.5. The fourth-order valence-electron chi connectivity index (χ4n) is 4.00. The lowest BCUT2D eigenvalue weighted by molar-refractivity contribution is 0.0948. The van der Waals surface area contributed by atoms with E-state index >= 15 is 0 Å². The number of hydrogen-bond acceptors (Lipinski definition) is 7. The van der Waals surface area contributed by atoms with E-state index in [4.69, 9.17) is 4.98 Å². The number of amides is 1. The average molecular weight is 452 g/mol. The van der Waals surface area contributed by atoms with Crippen molar-refractivity contribution in [3.63, 3.8) is 0 Å². The largest absolute Gasteiger partial charge is 0.351 e. The SMILES string of the molecule is CCc1cccc2sc(N3CCN(CCNC(=O)c4ccc5ncsc5c4)CC3)nc12. The van der Waals surface area contributed by atoms with Gasteiger partial charge in [0.15, 0.2) is 5.13 Å². The number of fused-ring (bicyclic) bond motifs is 2. The van der Waals surface area contributed by atoms with Gasteiger partial charge < -0.3 is 10.2 Å². The molecule has 0 radical (unpaired) electrons. The molecule has 0 saturated carbocycles. The Bertz CT molecular complexity index is 1210. The number of rotatable bonds is 6. The summed E-state index contributed by atoms with van der Waals surface area (Å²) in [6, 6.07) is 12.1. The Labute approximate surface area is 189 Å². The van der Waals surface area contributed by atoms with E-state index in [-0.39, 0.29) is 5.91 Å². The minimum absolute atomic E-state index is 0.0184. The molecule has 0 aliphatic carbocycles. The zero-order valence-corrected chi connectivity index (χ0v) is 19.1. The molecule has 3 heterocycles. The van der Waals surface area contributed by atoms with Gasteiger partial charge in [-0.15, -0.1) is 11.3 Å². The van der Waals surface area contributed by atoms with Crippen LogP contribution in [0.4, 0.5) is 5.13 Å². The molecule has 1 amide bonds. The smallest absolute Gasteiger partial charge is 0.251 e. The molecule has 2 aromatic carbocycles. The van der Waals surface area contributed by atoms with Crippen LogP contribution in [0.2, 0.25) is 0 Å². The molecule has 1 aliphatic heterocycles. The monoisotopic (exact) mass is 451 g/mol. The molecule has 8 heteroatoms. The van der Waals surface area contributed by atoms with Gasteiger partial charge >= 0.3 is 0 Å². The van der Waals surface area contributed by atoms with Gasteiger partial charge in [0.05, 0.1) is 25.9 Å². The van der Waals surface area contributed by atoms with Gasteiger partial charge in [0.25, 0.3) is 5.91 Å². The summed E-state index contributed by atoms with van der Waals surface area (Å²) in [6.45, 7) is 7.61. The Balaban J connectivity index is 1.12. The normalized spacial score (nSPS) is 15.1. The maximum Gasteiger partial charge on any atom is 0.251 e. The molecule has 160 valence electrons. The van der Waals surface area contributed by atoms with E-state index in [1.165, 1.54) is 10.3 Å². The van der Waals surface area contributed by atoms with Crippen LogP contribution in [-0.4, -0.2) is 60.0 Å². The molecule has 6 nitrogen and oxygen atoms in total. The lowest BCUT2D eigenvalue weighted by atomic mass is 10.1. The molecular weight excluding hydrogens is 426 g/mol. The maximum absolute atomic E-state index is 12.5. The molecule has 1 saturated heterocycles. The molecule has 0 unspecified atom stereocenters. The molecule has 0 atom stereocenters. The minimum atomic E-state index is -0.0184. The number of thiazole rings is 2. The Morgan fingerprint density at radius 2 is 2.00 bits per heavy atom.